The minimum atomic E-state index is -1.42. The van der Waals surface area contributed by atoms with Crippen molar-refractivity contribution < 1.29 is 19.5 Å². The second kappa shape index (κ2) is 6.97. The highest BCUT2D eigenvalue weighted by Gasteiger charge is 2.22. The zero-order chi connectivity index (χ0) is 15.3. The van der Waals surface area contributed by atoms with Crippen molar-refractivity contribution in [2.75, 3.05) is 5.32 Å². The van der Waals surface area contributed by atoms with Crippen LogP contribution in [-0.4, -0.2) is 29.1 Å². The Bertz CT molecular complexity index is 550. The van der Waals surface area contributed by atoms with E-state index in [9.17, 15) is 14.4 Å². The van der Waals surface area contributed by atoms with E-state index in [4.69, 9.17) is 34.0 Å². The van der Waals surface area contributed by atoms with Crippen molar-refractivity contribution in [1.29, 1.82) is 0 Å². The molecule has 1 rings (SSSR count). The molecule has 0 aromatic heterocycles. The highest BCUT2D eigenvalue weighted by Crippen LogP contribution is 2.25. The van der Waals surface area contributed by atoms with E-state index in [0.717, 1.165) is 0 Å². The van der Waals surface area contributed by atoms with Gasteiger partial charge in [-0.25, -0.2) is 9.59 Å². The van der Waals surface area contributed by atoms with Crippen LogP contribution >= 0.6 is 23.2 Å². The summed E-state index contributed by atoms with van der Waals surface area (Å²) < 4.78 is 0. The van der Waals surface area contributed by atoms with Gasteiger partial charge in [-0.15, -0.1) is 0 Å². The zero-order valence-electron chi connectivity index (χ0n) is 10.0. The Hall–Kier alpha value is -1.99. The van der Waals surface area contributed by atoms with Gasteiger partial charge >= 0.3 is 12.0 Å². The number of carboxylic acid groups (broad SMARTS) is 1. The fourth-order valence-corrected chi connectivity index (χ4v) is 1.76. The molecule has 0 aliphatic heterocycles. The van der Waals surface area contributed by atoms with Gasteiger partial charge in [0.05, 0.1) is 17.1 Å². The number of rotatable bonds is 5. The summed E-state index contributed by atoms with van der Waals surface area (Å²) in [6.45, 7) is 0. The van der Waals surface area contributed by atoms with Crippen molar-refractivity contribution in [1.82, 2.24) is 5.32 Å². The fraction of sp³-hybridized carbons (Fsp3) is 0.182. The van der Waals surface area contributed by atoms with E-state index < -0.39 is 30.4 Å². The predicted molar refractivity (Wildman–Crippen MR) is 73.9 cm³/mol. The lowest BCUT2D eigenvalue weighted by Gasteiger charge is -2.14. The lowest BCUT2D eigenvalue weighted by Crippen LogP contribution is -2.45. The number of primary amides is 1. The molecule has 20 heavy (non-hydrogen) atoms. The van der Waals surface area contributed by atoms with Gasteiger partial charge in [-0.2, -0.15) is 0 Å². The highest BCUT2D eigenvalue weighted by molar-refractivity contribution is 6.36. The van der Waals surface area contributed by atoms with Gasteiger partial charge in [0.2, 0.25) is 5.91 Å². The molecule has 0 aliphatic carbocycles. The van der Waals surface area contributed by atoms with Crippen molar-refractivity contribution in [2.24, 2.45) is 5.73 Å². The topological polar surface area (TPSA) is 122 Å². The number of nitrogens with two attached hydrogens (primary N) is 1. The average Bonchev–Trinajstić information content (AvgIpc) is 2.31. The summed E-state index contributed by atoms with van der Waals surface area (Å²) in [6, 6.07) is 2.12. The van der Waals surface area contributed by atoms with E-state index in [1.165, 1.54) is 18.2 Å². The molecule has 1 atom stereocenters. The maximum absolute atomic E-state index is 11.6. The smallest absolute Gasteiger partial charge is 0.326 e. The van der Waals surface area contributed by atoms with Crippen LogP contribution < -0.4 is 16.4 Å². The Kier molecular flexibility index (Phi) is 5.60. The van der Waals surface area contributed by atoms with Crippen LogP contribution in [-0.2, 0) is 9.59 Å². The summed E-state index contributed by atoms with van der Waals surface area (Å²) in [5.41, 5.74) is 5.14. The van der Waals surface area contributed by atoms with Gasteiger partial charge in [0.15, 0.2) is 0 Å². The Morgan fingerprint density at radius 2 is 1.95 bits per heavy atom. The van der Waals surface area contributed by atoms with Crippen LogP contribution in [0.4, 0.5) is 10.5 Å². The van der Waals surface area contributed by atoms with Crippen LogP contribution in [0.15, 0.2) is 18.2 Å². The Morgan fingerprint density at radius 3 is 2.45 bits per heavy atom. The largest absolute Gasteiger partial charge is 0.480 e. The van der Waals surface area contributed by atoms with Crippen molar-refractivity contribution in [3.05, 3.63) is 28.2 Å². The first-order valence-corrected chi connectivity index (χ1v) is 6.09. The number of carbonyl (C=O) groups excluding carboxylic acids is 2. The quantitative estimate of drug-likeness (QED) is 0.656. The number of urea groups is 1. The monoisotopic (exact) mass is 319 g/mol. The van der Waals surface area contributed by atoms with E-state index in [1.807, 2.05) is 0 Å². The minimum Gasteiger partial charge on any atom is -0.480 e. The predicted octanol–water partition coefficient (Wildman–Crippen LogP) is 1.44. The molecule has 9 heteroatoms. The molecule has 0 heterocycles. The molecular weight excluding hydrogens is 309 g/mol. The molecule has 0 fully saturated rings. The second-order valence-electron chi connectivity index (χ2n) is 3.78. The highest BCUT2D eigenvalue weighted by atomic mass is 35.5. The lowest BCUT2D eigenvalue weighted by molar-refractivity contribution is -0.140. The van der Waals surface area contributed by atoms with Crippen molar-refractivity contribution in [3.63, 3.8) is 0 Å². The van der Waals surface area contributed by atoms with Crippen molar-refractivity contribution in [2.45, 2.75) is 12.5 Å². The first kappa shape index (κ1) is 16.1. The molecule has 5 N–H and O–H groups in total. The summed E-state index contributed by atoms with van der Waals surface area (Å²) in [6.07, 6.45) is -0.517. The molecule has 0 spiro atoms. The standard InChI is InChI=1S/C11H11Cl2N3O4/c12-5-1-2-7(6(13)3-5)15-11(20)16-8(10(18)19)4-9(14)17/h1-3,8H,4H2,(H2,14,17)(H,18,19)(H2,15,16,20)/t8-/m1/s1. The summed E-state index contributed by atoms with van der Waals surface area (Å²) in [7, 11) is 0. The average molecular weight is 320 g/mol. The van der Waals surface area contributed by atoms with Gasteiger partial charge in [-0.3, -0.25) is 4.79 Å². The van der Waals surface area contributed by atoms with Crippen molar-refractivity contribution >= 4 is 46.8 Å². The SMILES string of the molecule is NC(=O)C[C@@H](NC(=O)Nc1ccc(Cl)cc1Cl)C(=O)O. The Balaban J connectivity index is 2.70. The number of hydrogen-bond acceptors (Lipinski definition) is 3. The normalized spacial score (nSPS) is 11.5. The van der Waals surface area contributed by atoms with Crippen LogP contribution in [0, 0.1) is 0 Å². The molecule has 7 nitrogen and oxygen atoms in total. The molecule has 0 radical (unpaired) electrons. The van der Waals surface area contributed by atoms with E-state index in [2.05, 4.69) is 10.6 Å². The van der Waals surface area contributed by atoms with Gasteiger partial charge in [-0.05, 0) is 18.2 Å². The number of carboxylic acids is 1. The van der Waals surface area contributed by atoms with Crippen LogP contribution in [0.1, 0.15) is 6.42 Å². The number of halogens is 2. The van der Waals surface area contributed by atoms with Crippen LogP contribution in [0.5, 0.6) is 0 Å². The molecule has 1 aromatic carbocycles. The number of benzene rings is 1. The van der Waals surface area contributed by atoms with Gasteiger partial charge in [0, 0.05) is 5.02 Å². The van der Waals surface area contributed by atoms with Crippen LogP contribution in [0.2, 0.25) is 10.0 Å². The van der Waals surface area contributed by atoms with Crippen LogP contribution in [0.3, 0.4) is 0 Å². The van der Waals surface area contributed by atoms with Gasteiger partial charge in [0.1, 0.15) is 6.04 Å². The summed E-state index contributed by atoms with van der Waals surface area (Å²) in [5.74, 6) is -2.22. The third kappa shape index (κ3) is 4.94. The number of carbonyl (C=O) groups is 3. The zero-order valence-corrected chi connectivity index (χ0v) is 11.5. The molecule has 0 saturated heterocycles. The molecule has 0 aliphatic rings. The third-order valence-corrected chi connectivity index (χ3v) is 2.74. The molecule has 0 bridgehead atoms. The summed E-state index contributed by atoms with van der Waals surface area (Å²) in [4.78, 5) is 33.2. The van der Waals surface area contributed by atoms with Crippen LogP contribution in [0.25, 0.3) is 0 Å². The van der Waals surface area contributed by atoms with Gasteiger partial charge < -0.3 is 21.5 Å². The molecule has 1 aromatic rings. The molecule has 0 saturated carbocycles. The van der Waals surface area contributed by atoms with Gasteiger partial charge in [0.25, 0.3) is 0 Å². The lowest BCUT2D eigenvalue weighted by atomic mass is 10.2. The number of aliphatic carboxylic acids is 1. The van der Waals surface area contributed by atoms with Crippen molar-refractivity contribution in [3.8, 4) is 0 Å². The Morgan fingerprint density at radius 1 is 1.30 bits per heavy atom. The minimum absolute atomic E-state index is 0.189. The number of hydrogen-bond donors (Lipinski definition) is 4. The van der Waals surface area contributed by atoms with E-state index in [1.54, 1.807) is 0 Å². The maximum Gasteiger partial charge on any atom is 0.326 e. The van der Waals surface area contributed by atoms with E-state index in [0.29, 0.717) is 5.02 Å². The molecule has 3 amide bonds. The van der Waals surface area contributed by atoms with E-state index in [-0.39, 0.29) is 10.7 Å². The van der Waals surface area contributed by atoms with Gasteiger partial charge in [-0.1, -0.05) is 23.2 Å². The number of amides is 3. The first-order valence-electron chi connectivity index (χ1n) is 5.33. The molecule has 0 unspecified atom stereocenters. The van der Waals surface area contributed by atoms with E-state index >= 15 is 0 Å². The maximum atomic E-state index is 11.6. The number of anilines is 1. The second-order valence-corrected chi connectivity index (χ2v) is 4.63. The number of nitrogens with one attached hydrogen (secondary N) is 2. The summed E-state index contributed by atoms with van der Waals surface area (Å²) >= 11 is 11.5. The first-order chi connectivity index (χ1) is 9.29. The molecule has 108 valence electrons. The third-order valence-electron chi connectivity index (χ3n) is 2.19. The molecular formula is C11H11Cl2N3O4. The fourth-order valence-electron chi connectivity index (χ4n) is 1.31. The summed E-state index contributed by atoms with van der Waals surface area (Å²) in [5, 5.41) is 13.8. The Labute approximate surface area is 124 Å².